The maximum Gasteiger partial charge on any atom is 0.138 e. The molecule has 1 aromatic rings. The van der Waals surface area contributed by atoms with Gasteiger partial charge in [-0.05, 0) is 13.0 Å². The molecule has 0 bridgehead atoms. The average molecular weight is 212 g/mol. The SMILES string of the molecule is CCCn1ncnc1CC(O)CNCC. The lowest BCUT2D eigenvalue weighted by Crippen LogP contribution is -2.29. The number of aromatic nitrogens is 3. The molecule has 5 nitrogen and oxygen atoms in total. The summed E-state index contributed by atoms with van der Waals surface area (Å²) >= 11 is 0. The van der Waals surface area contributed by atoms with E-state index in [-0.39, 0.29) is 6.10 Å². The predicted molar refractivity (Wildman–Crippen MR) is 58.6 cm³/mol. The monoisotopic (exact) mass is 212 g/mol. The van der Waals surface area contributed by atoms with Crippen LogP contribution in [0.15, 0.2) is 6.33 Å². The van der Waals surface area contributed by atoms with E-state index in [1.165, 1.54) is 0 Å². The van der Waals surface area contributed by atoms with Crippen LogP contribution in [-0.2, 0) is 13.0 Å². The molecule has 0 aliphatic rings. The molecule has 15 heavy (non-hydrogen) atoms. The zero-order chi connectivity index (χ0) is 11.1. The van der Waals surface area contributed by atoms with E-state index in [1.807, 2.05) is 11.6 Å². The minimum atomic E-state index is -0.384. The Morgan fingerprint density at radius 2 is 2.33 bits per heavy atom. The molecule has 2 N–H and O–H groups in total. The highest BCUT2D eigenvalue weighted by Gasteiger charge is 2.10. The van der Waals surface area contributed by atoms with Gasteiger partial charge in [0.05, 0.1) is 6.10 Å². The Morgan fingerprint density at radius 1 is 1.53 bits per heavy atom. The van der Waals surface area contributed by atoms with Crippen molar-refractivity contribution in [2.24, 2.45) is 0 Å². The number of aliphatic hydroxyl groups excluding tert-OH is 1. The molecule has 0 aliphatic heterocycles. The topological polar surface area (TPSA) is 63.0 Å². The molecular formula is C10H20N4O. The lowest BCUT2D eigenvalue weighted by atomic mass is 10.2. The summed E-state index contributed by atoms with van der Waals surface area (Å²) in [6, 6.07) is 0. The van der Waals surface area contributed by atoms with Crippen LogP contribution in [0.5, 0.6) is 0 Å². The smallest absolute Gasteiger partial charge is 0.138 e. The van der Waals surface area contributed by atoms with Gasteiger partial charge < -0.3 is 10.4 Å². The van der Waals surface area contributed by atoms with Crippen molar-refractivity contribution in [3.05, 3.63) is 12.2 Å². The van der Waals surface area contributed by atoms with E-state index in [9.17, 15) is 5.11 Å². The first-order chi connectivity index (χ1) is 7.27. The van der Waals surface area contributed by atoms with Gasteiger partial charge in [0.25, 0.3) is 0 Å². The van der Waals surface area contributed by atoms with Crippen LogP contribution in [0.1, 0.15) is 26.1 Å². The van der Waals surface area contributed by atoms with Crippen LogP contribution in [0.3, 0.4) is 0 Å². The Morgan fingerprint density at radius 3 is 3.00 bits per heavy atom. The first-order valence-corrected chi connectivity index (χ1v) is 5.53. The van der Waals surface area contributed by atoms with Crippen molar-refractivity contribution in [2.75, 3.05) is 13.1 Å². The third-order valence-electron chi connectivity index (χ3n) is 2.18. The number of hydrogen-bond donors (Lipinski definition) is 2. The summed E-state index contributed by atoms with van der Waals surface area (Å²) in [4.78, 5) is 4.15. The summed E-state index contributed by atoms with van der Waals surface area (Å²) in [5.41, 5.74) is 0. The summed E-state index contributed by atoms with van der Waals surface area (Å²) < 4.78 is 1.86. The minimum absolute atomic E-state index is 0.384. The number of nitrogens with zero attached hydrogens (tertiary/aromatic N) is 3. The quantitative estimate of drug-likeness (QED) is 0.678. The molecule has 1 unspecified atom stereocenters. The Labute approximate surface area is 90.5 Å². The van der Waals surface area contributed by atoms with E-state index in [0.717, 1.165) is 25.3 Å². The van der Waals surface area contributed by atoms with Crippen LogP contribution in [0, 0.1) is 0 Å². The standard InChI is InChI=1S/C10H20N4O/c1-3-5-14-10(12-8-13-14)6-9(15)7-11-4-2/h8-9,11,15H,3-7H2,1-2H3. The van der Waals surface area contributed by atoms with Crippen molar-refractivity contribution < 1.29 is 5.11 Å². The molecule has 0 amide bonds. The van der Waals surface area contributed by atoms with Crippen molar-refractivity contribution in [3.63, 3.8) is 0 Å². The summed E-state index contributed by atoms with van der Waals surface area (Å²) in [5, 5.41) is 16.9. The Hall–Kier alpha value is -0.940. The van der Waals surface area contributed by atoms with E-state index >= 15 is 0 Å². The Balaban J connectivity index is 2.44. The molecule has 0 radical (unpaired) electrons. The van der Waals surface area contributed by atoms with Crippen LogP contribution in [0.25, 0.3) is 0 Å². The predicted octanol–water partition coefficient (Wildman–Crippen LogP) is 0.201. The Kier molecular flexibility index (Phi) is 5.28. The van der Waals surface area contributed by atoms with Gasteiger partial charge >= 0.3 is 0 Å². The molecule has 0 aromatic carbocycles. The molecule has 1 aromatic heterocycles. The highest BCUT2D eigenvalue weighted by molar-refractivity contribution is 4.87. The molecule has 1 atom stereocenters. The van der Waals surface area contributed by atoms with Crippen LogP contribution in [-0.4, -0.2) is 39.1 Å². The molecule has 86 valence electrons. The van der Waals surface area contributed by atoms with Gasteiger partial charge in [0.1, 0.15) is 12.2 Å². The van der Waals surface area contributed by atoms with E-state index in [0.29, 0.717) is 13.0 Å². The second-order valence-electron chi connectivity index (χ2n) is 3.57. The van der Waals surface area contributed by atoms with Gasteiger partial charge in [0.15, 0.2) is 0 Å². The van der Waals surface area contributed by atoms with Crippen molar-refractivity contribution in [3.8, 4) is 0 Å². The number of hydrogen-bond acceptors (Lipinski definition) is 4. The first-order valence-electron chi connectivity index (χ1n) is 5.53. The second-order valence-corrected chi connectivity index (χ2v) is 3.57. The van der Waals surface area contributed by atoms with Gasteiger partial charge in [-0.3, -0.25) is 4.68 Å². The zero-order valence-corrected chi connectivity index (χ0v) is 9.48. The van der Waals surface area contributed by atoms with E-state index < -0.39 is 0 Å². The van der Waals surface area contributed by atoms with Gasteiger partial charge in [0, 0.05) is 19.5 Å². The largest absolute Gasteiger partial charge is 0.391 e. The molecule has 5 heteroatoms. The fourth-order valence-corrected chi connectivity index (χ4v) is 1.44. The first kappa shape index (κ1) is 12.1. The van der Waals surface area contributed by atoms with Crippen LogP contribution < -0.4 is 5.32 Å². The van der Waals surface area contributed by atoms with Crippen molar-refractivity contribution in [2.45, 2.75) is 39.3 Å². The van der Waals surface area contributed by atoms with E-state index in [4.69, 9.17) is 0 Å². The van der Waals surface area contributed by atoms with Gasteiger partial charge in [-0.1, -0.05) is 13.8 Å². The molecule has 1 heterocycles. The summed E-state index contributed by atoms with van der Waals surface area (Å²) in [6.45, 7) is 6.46. The zero-order valence-electron chi connectivity index (χ0n) is 9.48. The molecule has 0 saturated heterocycles. The van der Waals surface area contributed by atoms with Crippen LogP contribution >= 0.6 is 0 Å². The molecule has 0 aliphatic carbocycles. The van der Waals surface area contributed by atoms with Crippen LogP contribution in [0.2, 0.25) is 0 Å². The highest BCUT2D eigenvalue weighted by atomic mass is 16.3. The lowest BCUT2D eigenvalue weighted by Gasteiger charge is -2.10. The fraction of sp³-hybridized carbons (Fsp3) is 0.800. The molecule has 0 saturated carbocycles. The van der Waals surface area contributed by atoms with Gasteiger partial charge in [-0.25, -0.2) is 4.98 Å². The van der Waals surface area contributed by atoms with E-state index in [2.05, 4.69) is 22.3 Å². The van der Waals surface area contributed by atoms with Gasteiger partial charge in [-0.2, -0.15) is 5.10 Å². The van der Waals surface area contributed by atoms with Crippen molar-refractivity contribution in [1.29, 1.82) is 0 Å². The Bertz CT molecular complexity index is 274. The second kappa shape index (κ2) is 6.53. The number of likely N-dealkylation sites (N-methyl/N-ethyl adjacent to an activating group) is 1. The third kappa shape index (κ3) is 3.97. The number of nitrogens with one attached hydrogen (secondary N) is 1. The number of rotatable bonds is 7. The van der Waals surface area contributed by atoms with Gasteiger partial charge in [0.2, 0.25) is 0 Å². The number of aliphatic hydroxyl groups is 1. The maximum atomic E-state index is 9.70. The molecular weight excluding hydrogens is 192 g/mol. The van der Waals surface area contributed by atoms with Crippen molar-refractivity contribution in [1.82, 2.24) is 20.1 Å². The maximum absolute atomic E-state index is 9.70. The summed E-state index contributed by atoms with van der Waals surface area (Å²) in [6.07, 6.45) is 2.75. The summed E-state index contributed by atoms with van der Waals surface area (Å²) in [7, 11) is 0. The van der Waals surface area contributed by atoms with Gasteiger partial charge in [-0.15, -0.1) is 0 Å². The van der Waals surface area contributed by atoms with Crippen LogP contribution in [0.4, 0.5) is 0 Å². The molecule has 0 fully saturated rings. The molecule has 0 spiro atoms. The van der Waals surface area contributed by atoms with Crippen molar-refractivity contribution >= 4 is 0 Å². The molecule has 1 rings (SSSR count). The third-order valence-corrected chi connectivity index (χ3v) is 2.18. The van der Waals surface area contributed by atoms with E-state index in [1.54, 1.807) is 6.33 Å². The fourth-order valence-electron chi connectivity index (χ4n) is 1.44. The lowest BCUT2D eigenvalue weighted by molar-refractivity contribution is 0.168. The number of aryl methyl sites for hydroxylation is 1. The summed E-state index contributed by atoms with van der Waals surface area (Å²) in [5.74, 6) is 0.863. The average Bonchev–Trinajstić information content (AvgIpc) is 2.63. The normalized spacial score (nSPS) is 13.0. The minimum Gasteiger partial charge on any atom is -0.391 e. The highest BCUT2D eigenvalue weighted by Crippen LogP contribution is 2.00.